The molecule has 152 valence electrons. The van der Waals surface area contributed by atoms with E-state index in [1.807, 2.05) is 6.07 Å². The standard InChI is InChI=1S/C20H14ClF2N5O2/c1-10(29)9-24-18-16-17(12-4-2-3-5-13(12)21)27-28-19(16)26-20(25-18)30-15-7-6-11(22)8-14(15)23/h2-8H,9H2,1H3,(H2,24,25,26,27,28). The number of nitrogens with zero attached hydrogens (tertiary/aromatic N) is 3. The van der Waals surface area contributed by atoms with Crippen LogP contribution in [-0.4, -0.2) is 32.5 Å². The third-order valence-electron chi connectivity index (χ3n) is 4.14. The molecule has 0 aliphatic carbocycles. The quantitative estimate of drug-likeness (QED) is 0.459. The molecule has 0 saturated carbocycles. The highest BCUT2D eigenvalue weighted by Crippen LogP contribution is 2.35. The van der Waals surface area contributed by atoms with E-state index >= 15 is 0 Å². The molecule has 0 radical (unpaired) electrons. The van der Waals surface area contributed by atoms with Gasteiger partial charge in [-0.1, -0.05) is 29.8 Å². The molecular weight excluding hydrogens is 416 g/mol. The van der Waals surface area contributed by atoms with Crippen LogP contribution in [0.15, 0.2) is 42.5 Å². The first-order chi connectivity index (χ1) is 14.4. The van der Waals surface area contributed by atoms with Gasteiger partial charge in [-0.15, -0.1) is 0 Å². The summed E-state index contributed by atoms with van der Waals surface area (Å²) in [6.07, 6.45) is 0. The molecular formula is C20H14ClF2N5O2. The van der Waals surface area contributed by atoms with Crippen LogP contribution in [0.4, 0.5) is 14.6 Å². The van der Waals surface area contributed by atoms with E-state index in [9.17, 15) is 13.6 Å². The molecule has 0 bridgehead atoms. The smallest absolute Gasteiger partial charge is 0.326 e. The van der Waals surface area contributed by atoms with Crippen molar-refractivity contribution in [3.8, 4) is 23.0 Å². The lowest BCUT2D eigenvalue weighted by Gasteiger charge is -2.10. The first-order valence-corrected chi connectivity index (χ1v) is 9.17. The summed E-state index contributed by atoms with van der Waals surface area (Å²) in [4.78, 5) is 19.9. The zero-order valence-electron chi connectivity index (χ0n) is 15.5. The number of ketones is 1. The number of ether oxygens (including phenoxy) is 1. The molecule has 4 aromatic rings. The van der Waals surface area contributed by atoms with Crippen LogP contribution in [0.1, 0.15) is 6.92 Å². The topological polar surface area (TPSA) is 92.8 Å². The first kappa shape index (κ1) is 19.7. The van der Waals surface area contributed by atoms with Gasteiger partial charge in [-0.3, -0.25) is 9.89 Å². The summed E-state index contributed by atoms with van der Waals surface area (Å²) in [5.41, 5.74) is 1.42. The van der Waals surface area contributed by atoms with Crippen molar-refractivity contribution in [2.45, 2.75) is 6.92 Å². The Morgan fingerprint density at radius 2 is 2.00 bits per heavy atom. The summed E-state index contributed by atoms with van der Waals surface area (Å²) in [6.45, 7) is 1.41. The third kappa shape index (κ3) is 3.92. The van der Waals surface area contributed by atoms with Gasteiger partial charge in [-0.25, -0.2) is 8.78 Å². The highest BCUT2D eigenvalue weighted by molar-refractivity contribution is 6.33. The van der Waals surface area contributed by atoms with Gasteiger partial charge in [0.15, 0.2) is 17.2 Å². The number of carbonyl (C=O) groups excluding carboxylic acids is 1. The fraction of sp³-hybridized carbons (Fsp3) is 0.100. The van der Waals surface area contributed by atoms with Crippen molar-refractivity contribution in [2.75, 3.05) is 11.9 Å². The van der Waals surface area contributed by atoms with Crippen LogP contribution in [0.2, 0.25) is 5.02 Å². The van der Waals surface area contributed by atoms with Crippen molar-refractivity contribution in [3.05, 3.63) is 59.1 Å². The molecule has 0 spiro atoms. The van der Waals surface area contributed by atoms with Crippen LogP contribution >= 0.6 is 11.6 Å². The molecule has 2 N–H and O–H groups in total. The fourth-order valence-corrected chi connectivity index (χ4v) is 3.03. The molecule has 4 rings (SSSR count). The minimum absolute atomic E-state index is 0.0103. The third-order valence-corrected chi connectivity index (χ3v) is 4.47. The average molecular weight is 430 g/mol. The predicted molar refractivity (Wildman–Crippen MR) is 108 cm³/mol. The van der Waals surface area contributed by atoms with Crippen molar-refractivity contribution >= 4 is 34.2 Å². The molecule has 0 aliphatic heterocycles. The summed E-state index contributed by atoms with van der Waals surface area (Å²) in [5.74, 6) is -1.78. The maximum Gasteiger partial charge on any atom is 0.326 e. The second-order valence-corrected chi connectivity index (χ2v) is 6.77. The van der Waals surface area contributed by atoms with Gasteiger partial charge in [-0.05, 0) is 25.1 Å². The van der Waals surface area contributed by atoms with E-state index in [-0.39, 0.29) is 35.6 Å². The van der Waals surface area contributed by atoms with E-state index in [2.05, 4.69) is 25.5 Å². The van der Waals surface area contributed by atoms with Gasteiger partial charge in [0.2, 0.25) is 0 Å². The molecule has 0 fully saturated rings. The molecule has 0 saturated heterocycles. The number of hydrogen-bond donors (Lipinski definition) is 2. The molecule has 0 aliphatic rings. The second kappa shape index (κ2) is 8.03. The molecule has 7 nitrogen and oxygen atoms in total. The number of benzene rings is 2. The summed E-state index contributed by atoms with van der Waals surface area (Å²) in [6, 6.07) is 9.76. The molecule has 30 heavy (non-hydrogen) atoms. The predicted octanol–water partition coefficient (Wildman–Crippen LogP) is 4.74. The number of nitrogens with one attached hydrogen (secondary N) is 2. The van der Waals surface area contributed by atoms with E-state index < -0.39 is 11.6 Å². The first-order valence-electron chi connectivity index (χ1n) is 8.79. The van der Waals surface area contributed by atoms with Crippen LogP contribution in [0.5, 0.6) is 11.8 Å². The second-order valence-electron chi connectivity index (χ2n) is 6.36. The summed E-state index contributed by atoms with van der Waals surface area (Å²) < 4.78 is 32.5. The normalized spacial score (nSPS) is 10.9. The minimum atomic E-state index is -0.907. The lowest BCUT2D eigenvalue weighted by atomic mass is 10.1. The van der Waals surface area contributed by atoms with Gasteiger partial charge < -0.3 is 10.1 Å². The van der Waals surface area contributed by atoms with Gasteiger partial charge in [-0.2, -0.15) is 15.1 Å². The van der Waals surface area contributed by atoms with Crippen molar-refractivity contribution in [2.24, 2.45) is 0 Å². The average Bonchev–Trinajstić information content (AvgIpc) is 3.12. The van der Waals surface area contributed by atoms with E-state index in [0.29, 0.717) is 27.7 Å². The van der Waals surface area contributed by atoms with E-state index in [0.717, 1.165) is 12.1 Å². The van der Waals surface area contributed by atoms with Crippen LogP contribution in [0.25, 0.3) is 22.3 Å². The monoisotopic (exact) mass is 429 g/mol. The Balaban J connectivity index is 1.83. The fourth-order valence-electron chi connectivity index (χ4n) is 2.80. The number of rotatable bonds is 6. The maximum atomic E-state index is 14.0. The summed E-state index contributed by atoms with van der Waals surface area (Å²) >= 11 is 6.30. The molecule has 2 aromatic carbocycles. The number of anilines is 1. The Morgan fingerprint density at radius 3 is 2.73 bits per heavy atom. The lowest BCUT2D eigenvalue weighted by molar-refractivity contribution is -0.115. The zero-order valence-corrected chi connectivity index (χ0v) is 16.3. The Morgan fingerprint density at radius 1 is 1.20 bits per heavy atom. The zero-order chi connectivity index (χ0) is 21.3. The summed E-state index contributed by atoms with van der Waals surface area (Å²) in [7, 11) is 0. The van der Waals surface area contributed by atoms with Gasteiger partial charge in [0.05, 0.1) is 17.6 Å². The number of H-pyrrole nitrogens is 1. The van der Waals surface area contributed by atoms with E-state index in [4.69, 9.17) is 16.3 Å². The Kier molecular flexibility index (Phi) is 5.28. The highest BCUT2D eigenvalue weighted by Gasteiger charge is 2.19. The molecule has 2 heterocycles. The Labute approximate surface area is 174 Å². The van der Waals surface area contributed by atoms with E-state index in [1.165, 1.54) is 6.92 Å². The van der Waals surface area contributed by atoms with Gasteiger partial charge in [0, 0.05) is 16.7 Å². The number of aromatic nitrogens is 4. The Bertz CT molecular complexity index is 1260. The van der Waals surface area contributed by atoms with Crippen molar-refractivity contribution in [1.82, 2.24) is 20.2 Å². The largest absolute Gasteiger partial charge is 0.421 e. The number of hydrogen-bond acceptors (Lipinski definition) is 6. The van der Waals surface area contributed by atoms with Crippen molar-refractivity contribution < 1.29 is 18.3 Å². The van der Waals surface area contributed by atoms with Crippen LogP contribution in [-0.2, 0) is 4.79 Å². The number of aromatic amines is 1. The molecule has 0 atom stereocenters. The molecule has 10 heteroatoms. The van der Waals surface area contributed by atoms with E-state index in [1.54, 1.807) is 18.2 Å². The Hall–Kier alpha value is -3.59. The molecule has 0 amide bonds. The molecule has 0 unspecified atom stereocenters. The van der Waals surface area contributed by atoms with Crippen LogP contribution in [0.3, 0.4) is 0 Å². The number of fused-ring (bicyclic) bond motifs is 1. The molecule has 2 aromatic heterocycles. The summed E-state index contributed by atoms with van der Waals surface area (Å²) in [5, 5.41) is 10.9. The van der Waals surface area contributed by atoms with Crippen molar-refractivity contribution in [3.63, 3.8) is 0 Å². The van der Waals surface area contributed by atoms with Gasteiger partial charge in [0.1, 0.15) is 17.4 Å². The number of Topliss-reactive ketones (excluding diaryl/α,β-unsaturated/α-hetero) is 1. The van der Waals surface area contributed by atoms with Crippen LogP contribution in [0, 0.1) is 11.6 Å². The van der Waals surface area contributed by atoms with Gasteiger partial charge in [0.25, 0.3) is 0 Å². The van der Waals surface area contributed by atoms with Crippen molar-refractivity contribution in [1.29, 1.82) is 0 Å². The highest BCUT2D eigenvalue weighted by atomic mass is 35.5. The lowest BCUT2D eigenvalue weighted by Crippen LogP contribution is -2.12. The van der Waals surface area contributed by atoms with Gasteiger partial charge >= 0.3 is 6.01 Å². The minimum Gasteiger partial charge on any atom is -0.421 e. The SMILES string of the molecule is CC(=O)CNc1nc(Oc2ccc(F)cc2F)nc2n[nH]c(-c3ccccc3Cl)c12. The number of halogens is 3. The number of carbonyl (C=O) groups is 1. The maximum absolute atomic E-state index is 14.0. The van der Waals surface area contributed by atoms with Crippen LogP contribution < -0.4 is 10.1 Å².